The van der Waals surface area contributed by atoms with Gasteiger partial charge in [0.1, 0.15) is 23.4 Å². The molecule has 3 aromatic carbocycles. The molecule has 1 atom stereocenters. The Labute approximate surface area is 199 Å². The van der Waals surface area contributed by atoms with Crippen molar-refractivity contribution in [2.45, 2.75) is 24.8 Å². The SMILES string of the molecule is COc1ccc(NC(=O)[C@H](NS(=O)(=O)c2ccc(-c3ccc(F)cc3)cc2)C(C)C)c(OC)c1. The predicted octanol–water partition coefficient (Wildman–Crippen LogP) is 4.45. The molecule has 0 aromatic heterocycles. The molecule has 0 saturated carbocycles. The number of benzene rings is 3. The molecule has 0 unspecified atom stereocenters. The Morgan fingerprint density at radius 2 is 1.47 bits per heavy atom. The number of sulfonamides is 1. The van der Waals surface area contributed by atoms with Crippen LogP contribution in [0.4, 0.5) is 10.1 Å². The lowest BCUT2D eigenvalue weighted by molar-refractivity contribution is -0.118. The average Bonchev–Trinajstić information content (AvgIpc) is 2.83. The third kappa shape index (κ3) is 5.92. The average molecular weight is 487 g/mol. The zero-order valence-corrected chi connectivity index (χ0v) is 20.1. The minimum Gasteiger partial charge on any atom is -0.497 e. The van der Waals surface area contributed by atoms with Crippen molar-refractivity contribution in [2.75, 3.05) is 19.5 Å². The number of rotatable bonds is 9. The first-order chi connectivity index (χ1) is 16.1. The number of anilines is 1. The molecule has 34 heavy (non-hydrogen) atoms. The smallest absolute Gasteiger partial charge is 0.242 e. The highest BCUT2D eigenvalue weighted by Crippen LogP contribution is 2.29. The maximum atomic E-state index is 13.2. The molecule has 9 heteroatoms. The Kier molecular flexibility index (Phi) is 7.90. The van der Waals surface area contributed by atoms with Crippen molar-refractivity contribution in [1.29, 1.82) is 0 Å². The Morgan fingerprint density at radius 3 is 2.00 bits per heavy atom. The summed E-state index contributed by atoms with van der Waals surface area (Å²) in [5, 5.41) is 2.73. The summed E-state index contributed by atoms with van der Waals surface area (Å²) in [6.45, 7) is 3.49. The first kappa shape index (κ1) is 25.2. The van der Waals surface area contributed by atoms with Crippen molar-refractivity contribution in [2.24, 2.45) is 5.92 Å². The van der Waals surface area contributed by atoms with Gasteiger partial charge in [-0.15, -0.1) is 0 Å². The largest absolute Gasteiger partial charge is 0.497 e. The van der Waals surface area contributed by atoms with E-state index in [4.69, 9.17) is 9.47 Å². The predicted molar refractivity (Wildman–Crippen MR) is 129 cm³/mol. The van der Waals surface area contributed by atoms with E-state index in [2.05, 4.69) is 10.0 Å². The monoisotopic (exact) mass is 486 g/mol. The second kappa shape index (κ2) is 10.7. The summed E-state index contributed by atoms with van der Waals surface area (Å²) in [6.07, 6.45) is 0. The quantitative estimate of drug-likeness (QED) is 0.466. The summed E-state index contributed by atoms with van der Waals surface area (Å²) in [7, 11) is -1.02. The topological polar surface area (TPSA) is 93.7 Å². The number of carbonyl (C=O) groups excluding carboxylic acids is 1. The van der Waals surface area contributed by atoms with E-state index in [9.17, 15) is 17.6 Å². The molecule has 2 N–H and O–H groups in total. The number of methoxy groups -OCH3 is 2. The lowest BCUT2D eigenvalue weighted by atomic mass is 10.0. The van der Waals surface area contributed by atoms with Gasteiger partial charge < -0.3 is 14.8 Å². The van der Waals surface area contributed by atoms with Crippen LogP contribution in [0.25, 0.3) is 11.1 Å². The highest BCUT2D eigenvalue weighted by atomic mass is 32.2. The van der Waals surface area contributed by atoms with E-state index >= 15 is 0 Å². The Morgan fingerprint density at radius 1 is 0.882 bits per heavy atom. The van der Waals surface area contributed by atoms with Crippen LogP contribution in [-0.2, 0) is 14.8 Å². The molecule has 0 aliphatic carbocycles. The number of carbonyl (C=O) groups is 1. The molecular formula is C25H27FN2O5S. The Hall–Kier alpha value is -3.43. The van der Waals surface area contributed by atoms with E-state index < -0.39 is 22.0 Å². The fourth-order valence-corrected chi connectivity index (χ4v) is 4.65. The van der Waals surface area contributed by atoms with Gasteiger partial charge in [0.05, 0.1) is 24.8 Å². The maximum Gasteiger partial charge on any atom is 0.242 e. The van der Waals surface area contributed by atoms with E-state index in [1.54, 1.807) is 56.3 Å². The number of amides is 1. The van der Waals surface area contributed by atoms with Crippen molar-refractivity contribution in [1.82, 2.24) is 4.72 Å². The third-order valence-corrected chi connectivity index (χ3v) is 6.70. The second-order valence-electron chi connectivity index (χ2n) is 7.93. The van der Waals surface area contributed by atoms with Gasteiger partial charge in [-0.25, -0.2) is 12.8 Å². The first-order valence-electron chi connectivity index (χ1n) is 10.6. The van der Waals surface area contributed by atoms with Crippen LogP contribution in [0, 0.1) is 11.7 Å². The van der Waals surface area contributed by atoms with E-state index in [0.717, 1.165) is 11.1 Å². The van der Waals surface area contributed by atoms with E-state index in [1.165, 1.54) is 38.5 Å². The van der Waals surface area contributed by atoms with Crippen LogP contribution >= 0.6 is 0 Å². The van der Waals surface area contributed by atoms with Crippen molar-refractivity contribution in [3.05, 3.63) is 72.5 Å². The van der Waals surface area contributed by atoms with Gasteiger partial charge in [-0.2, -0.15) is 4.72 Å². The van der Waals surface area contributed by atoms with Gasteiger partial charge in [0.15, 0.2) is 0 Å². The number of ether oxygens (including phenoxy) is 2. The number of hydrogen-bond acceptors (Lipinski definition) is 5. The van der Waals surface area contributed by atoms with Crippen LogP contribution in [0.15, 0.2) is 71.6 Å². The molecular weight excluding hydrogens is 459 g/mol. The normalized spacial score (nSPS) is 12.3. The fraction of sp³-hybridized carbons (Fsp3) is 0.240. The molecule has 3 rings (SSSR count). The van der Waals surface area contributed by atoms with Crippen LogP contribution in [0.2, 0.25) is 0 Å². The zero-order chi connectivity index (χ0) is 24.9. The van der Waals surface area contributed by atoms with Crippen molar-refractivity contribution < 1.29 is 27.1 Å². The van der Waals surface area contributed by atoms with Crippen molar-refractivity contribution in [3.8, 4) is 22.6 Å². The highest BCUT2D eigenvalue weighted by molar-refractivity contribution is 7.89. The molecule has 0 saturated heterocycles. The van der Waals surface area contributed by atoms with Crippen molar-refractivity contribution >= 4 is 21.6 Å². The summed E-state index contributed by atoms with van der Waals surface area (Å²) in [6, 6.07) is 15.9. The molecule has 0 heterocycles. The lowest BCUT2D eigenvalue weighted by Crippen LogP contribution is -2.47. The van der Waals surface area contributed by atoms with Gasteiger partial charge >= 0.3 is 0 Å². The third-order valence-electron chi connectivity index (χ3n) is 5.24. The molecule has 0 fully saturated rings. The van der Waals surface area contributed by atoms with E-state index in [0.29, 0.717) is 17.2 Å². The van der Waals surface area contributed by atoms with Gasteiger partial charge in [-0.1, -0.05) is 38.1 Å². The number of halogens is 1. The van der Waals surface area contributed by atoms with E-state index in [-0.39, 0.29) is 16.6 Å². The molecule has 180 valence electrons. The van der Waals surface area contributed by atoms with Crippen LogP contribution in [0.3, 0.4) is 0 Å². The standard InChI is InChI=1S/C25H27FN2O5S/c1-16(2)24(25(29)27-22-14-11-20(32-3)15-23(22)33-4)28-34(30,31)21-12-7-18(8-13-21)17-5-9-19(26)10-6-17/h5-16,24,28H,1-4H3,(H,27,29)/t24-/m1/s1. The molecule has 0 aliphatic heterocycles. The molecule has 3 aromatic rings. The summed E-state index contributed by atoms with van der Waals surface area (Å²) in [5.41, 5.74) is 1.89. The molecule has 7 nitrogen and oxygen atoms in total. The maximum absolute atomic E-state index is 13.2. The fourth-order valence-electron chi connectivity index (χ4n) is 3.31. The second-order valence-corrected chi connectivity index (χ2v) is 9.64. The molecule has 0 aliphatic rings. The zero-order valence-electron chi connectivity index (χ0n) is 19.3. The minimum atomic E-state index is -4.00. The van der Waals surface area contributed by atoms with Crippen molar-refractivity contribution in [3.63, 3.8) is 0 Å². The molecule has 0 bridgehead atoms. The van der Waals surface area contributed by atoms with Crippen LogP contribution < -0.4 is 19.5 Å². The molecule has 0 radical (unpaired) electrons. The first-order valence-corrected chi connectivity index (χ1v) is 12.0. The van der Waals surface area contributed by atoms with Crippen LogP contribution in [-0.4, -0.2) is 34.6 Å². The van der Waals surface area contributed by atoms with Gasteiger partial charge in [0, 0.05) is 6.07 Å². The van der Waals surface area contributed by atoms with Crippen LogP contribution in [0.1, 0.15) is 13.8 Å². The van der Waals surface area contributed by atoms with Gasteiger partial charge in [0.2, 0.25) is 15.9 Å². The summed E-state index contributed by atoms with van der Waals surface area (Å²) >= 11 is 0. The molecule has 1 amide bonds. The van der Waals surface area contributed by atoms with Crippen LogP contribution in [0.5, 0.6) is 11.5 Å². The van der Waals surface area contributed by atoms with Gasteiger partial charge in [0.25, 0.3) is 0 Å². The Balaban J connectivity index is 1.79. The number of hydrogen-bond donors (Lipinski definition) is 2. The summed E-state index contributed by atoms with van der Waals surface area (Å²) < 4.78 is 52.2. The lowest BCUT2D eigenvalue weighted by Gasteiger charge is -2.22. The minimum absolute atomic E-state index is 0.0128. The molecule has 0 spiro atoms. The van der Waals surface area contributed by atoms with Gasteiger partial charge in [-0.3, -0.25) is 4.79 Å². The highest BCUT2D eigenvalue weighted by Gasteiger charge is 2.29. The number of nitrogens with one attached hydrogen (secondary N) is 2. The Bertz CT molecular complexity index is 1240. The van der Waals surface area contributed by atoms with E-state index in [1.807, 2.05) is 0 Å². The summed E-state index contributed by atoms with van der Waals surface area (Å²) in [4.78, 5) is 13.0. The summed E-state index contributed by atoms with van der Waals surface area (Å²) in [5.74, 6) is -0.269. The van der Waals surface area contributed by atoms with Gasteiger partial charge in [-0.05, 0) is 53.4 Å².